The van der Waals surface area contributed by atoms with Crippen LogP contribution in [0.5, 0.6) is 0 Å². The normalized spacial score (nSPS) is 40.9. The lowest BCUT2D eigenvalue weighted by molar-refractivity contribution is 0.00956. The van der Waals surface area contributed by atoms with E-state index in [-0.39, 0.29) is 12.2 Å². The van der Waals surface area contributed by atoms with Crippen LogP contribution in [-0.4, -0.2) is 70.5 Å². The van der Waals surface area contributed by atoms with E-state index in [2.05, 4.69) is 9.80 Å². The molecule has 3 fully saturated rings. The molecule has 4 heteroatoms. The highest BCUT2D eigenvalue weighted by Crippen LogP contribution is 2.27. The molecule has 0 spiro atoms. The molecule has 2 N–H and O–H groups in total. The molecule has 0 aromatic carbocycles. The first kappa shape index (κ1) is 15.7. The van der Waals surface area contributed by atoms with Crippen molar-refractivity contribution in [2.24, 2.45) is 0 Å². The third-order valence-corrected chi connectivity index (χ3v) is 5.89. The predicted octanol–water partition coefficient (Wildman–Crippen LogP) is 1.60. The number of nitrogens with zero attached hydrogens (tertiary/aromatic N) is 2. The van der Waals surface area contributed by atoms with E-state index in [0.717, 1.165) is 51.9 Å². The average Bonchev–Trinajstić information content (AvgIpc) is 2.74. The van der Waals surface area contributed by atoms with E-state index in [1.54, 1.807) is 0 Å². The smallest absolute Gasteiger partial charge is 0.0695 e. The molecule has 1 saturated heterocycles. The van der Waals surface area contributed by atoms with Crippen molar-refractivity contribution in [2.45, 2.75) is 82.1 Å². The molecule has 1 heterocycles. The second kappa shape index (κ2) is 7.40. The van der Waals surface area contributed by atoms with Gasteiger partial charge in [0.15, 0.2) is 0 Å². The number of rotatable bonds is 2. The first-order valence-corrected chi connectivity index (χ1v) is 9.10. The molecule has 0 aromatic heterocycles. The summed E-state index contributed by atoms with van der Waals surface area (Å²) < 4.78 is 0. The van der Waals surface area contributed by atoms with Crippen molar-refractivity contribution in [1.29, 1.82) is 0 Å². The SMILES string of the molecule is OC1CCCCC1N1CCCN(C2CCCCC2O)CC1. The van der Waals surface area contributed by atoms with Crippen molar-refractivity contribution >= 4 is 0 Å². The van der Waals surface area contributed by atoms with Crippen LogP contribution in [0.25, 0.3) is 0 Å². The Morgan fingerprint density at radius 1 is 0.524 bits per heavy atom. The van der Waals surface area contributed by atoms with Gasteiger partial charge in [-0.3, -0.25) is 9.80 Å². The fourth-order valence-electron chi connectivity index (χ4n) is 4.66. The van der Waals surface area contributed by atoms with E-state index < -0.39 is 0 Å². The largest absolute Gasteiger partial charge is 0.391 e. The summed E-state index contributed by atoms with van der Waals surface area (Å²) in [5.74, 6) is 0. The molecule has 0 aromatic rings. The predicted molar refractivity (Wildman–Crippen MR) is 84.3 cm³/mol. The summed E-state index contributed by atoms with van der Waals surface area (Å²) >= 11 is 0. The van der Waals surface area contributed by atoms with Crippen LogP contribution in [0.3, 0.4) is 0 Å². The number of hydrogen-bond donors (Lipinski definition) is 2. The Bertz CT molecular complexity index is 296. The Morgan fingerprint density at radius 2 is 0.952 bits per heavy atom. The van der Waals surface area contributed by atoms with Gasteiger partial charge in [-0.15, -0.1) is 0 Å². The zero-order valence-corrected chi connectivity index (χ0v) is 13.3. The van der Waals surface area contributed by atoms with Gasteiger partial charge in [-0.1, -0.05) is 25.7 Å². The summed E-state index contributed by atoms with van der Waals surface area (Å²) in [4.78, 5) is 5.05. The van der Waals surface area contributed by atoms with Gasteiger partial charge in [-0.25, -0.2) is 0 Å². The van der Waals surface area contributed by atoms with Gasteiger partial charge >= 0.3 is 0 Å². The second-order valence-corrected chi connectivity index (χ2v) is 7.26. The first-order chi connectivity index (χ1) is 10.3. The second-order valence-electron chi connectivity index (χ2n) is 7.26. The van der Waals surface area contributed by atoms with Gasteiger partial charge < -0.3 is 10.2 Å². The Balaban J connectivity index is 1.56. The molecule has 1 aliphatic heterocycles. The maximum atomic E-state index is 10.3. The molecule has 3 rings (SSSR count). The maximum Gasteiger partial charge on any atom is 0.0695 e. The lowest BCUT2D eigenvalue weighted by atomic mass is 9.91. The Kier molecular flexibility index (Phi) is 5.54. The molecule has 122 valence electrons. The highest BCUT2D eigenvalue weighted by molar-refractivity contribution is 4.88. The Morgan fingerprint density at radius 3 is 1.38 bits per heavy atom. The van der Waals surface area contributed by atoms with Crippen LogP contribution in [0.4, 0.5) is 0 Å². The van der Waals surface area contributed by atoms with E-state index in [1.807, 2.05) is 0 Å². The van der Waals surface area contributed by atoms with Crippen molar-refractivity contribution < 1.29 is 10.2 Å². The first-order valence-electron chi connectivity index (χ1n) is 9.10. The van der Waals surface area contributed by atoms with Crippen LogP contribution in [0.15, 0.2) is 0 Å². The molecule has 0 amide bonds. The van der Waals surface area contributed by atoms with Crippen molar-refractivity contribution in [3.63, 3.8) is 0 Å². The van der Waals surface area contributed by atoms with E-state index in [4.69, 9.17) is 0 Å². The van der Waals surface area contributed by atoms with Crippen molar-refractivity contribution in [2.75, 3.05) is 26.2 Å². The van der Waals surface area contributed by atoms with E-state index in [1.165, 1.54) is 32.1 Å². The molecule has 0 bridgehead atoms. The highest BCUT2D eigenvalue weighted by atomic mass is 16.3. The van der Waals surface area contributed by atoms with Crippen LogP contribution in [-0.2, 0) is 0 Å². The van der Waals surface area contributed by atoms with E-state index in [0.29, 0.717) is 12.1 Å². The third kappa shape index (κ3) is 3.79. The van der Waals surface area contributed by atoms with Crippen LogP contribution < -0.4 is 0 Å². The molecular formula is C17H32N2O2. The summed E-state index contributed by atoms with van der Waals surface area (Å²) in [7, 11) is 0. The quantitative estimate of drug-likeness (QED) is 0.812. The van der Waals surface area contributed by atoms with Crippen molar-refractivity contribution in [1.82, 2.24) is 9.80 Å². The minimum Gasteiger partial charge on any atom is -0.391 e. The lowest BCUT2D eigenvalue weighted by Gasteiger charge is -2.38. The molecule has 4 nitrogen and oxygen atoms in total. The standard InChI is InChI=1S/C17H32N2O2/c20-16-8-3-1-6-14(16)18-10-5-11-19(13-12-18)15-7-2-4-9-17(15)21/h14-17,20-21H,1-13H2. The zero-order chi connectivity index (χ0) is 14.7. The highest BCUT2D eigenvalue weighted by Gasteiger charge is 2.33. The van der Waals surface area contributed by atoms with Crippen LogP contribution >= 0.6 is 0 Å². The van der Waals surface area contributed by atoms with E-state index in [9.17, 15) is 10.2 Å². The van der Waals surface area contributed by atoms with Gasteiger partial charge in [-0.2, -0.15) is 0 Å². The average molecular weight is 296 g/mol. The summed E-state index contributed by atoms with van der Waals surface area (Å²) in [5.41, 5.74) is 0. The monoisotopic (exact) mass is 296 g/mol. The molecule has 0 radical (unpaired) electrons. The number of hydrogen-bond acceptors (Lipinski definition) is 4. The van der Waals surface area contributed by atoms with Gasteiger partial charge in [0.25, 0.3) is 0 Å². The van der Waals surface area contributed by atoms with Crippen LogP contribution in [0, 0.1) is 0 Å². The van der Waals surface area contributed by atoms with Crippen molar-refractivity contribution in [3.8, 4) is 0 Å². The topological polar surface area (TPSA) is 46.9 Å². The molecular weight excluding hydrogens is 264 g/mol. The minimum absolute atomic E-state index is 0.120. The summed E-state index contributed by atoms with van der Waals surface area (Å²) in [6.45, 7) is 4.35. The molecule has 2 aliphatic carbocycles. The zero-order valence-electron chi connectivity index (χ0n) is 13.3. The lowest BCUT2D eigenvalue weighted by Crippen LogP contribution is -2.49. The number of aliphatic hydroxyl groups is 2. The fraction of sp³-hybridized carbons (Fsp3) is 1.00. The Labute approximate surface area is 129 Å². The Hall–Kier alpha value is -0.160. The molecule has 4 unspecified atom stereocenters. The van der Waals surface area contributed by atoms with Gasteiger partial charge in [0.05, 0.1) is 12.2 Å². The minimum atomic E-state index is -0.120. The summed E-state index contributed by atoms with van der Waals surface area (Å²) in [6, 6.07) is 0.768. The molecule has 3 aliphatic rings. The van der Waals surface area contributed by atoms with Crippen LogP contribution in [0.1, 0.15) is 57.8 Å². The van der Waals surface area contributed by atoms with Gasteiger partial charge in [0.2, 0.25) is 0 Å². The fourth-order valence-corrected chi connectivity index (χ4v) is 4.66. The van der Waals surface area contributed by atoms with Gasteiger partial charge in [-0.05, 0) is 45.2 Å². The summed E-state index contributed by atoms with van der Waals surface area (Å²) in [6.07, 6.45) is 10.1. The maximum absolute atomic E-state index is 10.3. The molecule has 4 atom stereocenters. The van der Waals surface area contributed by atoms with Gasteiger partial charge in [0.1, 0.15) is 0 Å². The molecule has 21 heavy (non-hydrogen) atoms. The van der Waals surface area contributed by atoms with Crippen molar-refractivity contribution in [3.05, 3.63) is 0 Å². The van der Waals surface area contributed by atoms with Crippen LogP contribution in [0.2, 0.25) is 0 Å². The van der Waals surface area contributed by atoms with E-state index >= 15 is 0 Å². The number of aliphatic hydroxyl groups excluding tert-OH is 2. The summed E-state index contributed by atoms with van der Waals surface area (Å²) in [5, 5.41) is 20.5. The van der Waals surface area contributed by atoms with Gasteiger partial charge in [0, 0.05) is 25.2 Å². The third-order valence-electron chi connectivity index (χ3n) is 5.89. The molecule has 2 saturated carbocycles.